The molecule has 5 heteroatoms. The largest absolute Gasteiger partial charge is 0.432 e. The van der Waals surface area contributed by atoms with E-state index in [0.29, 0.717) is 0 Å². The minimum Gasteiger partial charge on any atom is -0.432 e. The van der Waals surface area contributed by atoms with Gasteiger partial charge in [-0.25, -0.2) is 0 Å². The molecule has 0 saturated carbocycles. The van der Waals surface area contributed by atoms with Crippen LogP contribution in [0.15, 0.2) is 0 Å². The van der Waals surface area contributed by atoms with Gasteiger partial charge in [-0.1, -0.05) is 41.5 Å². The van der Waals surface area contributed by atoms with Crippen molar-refractivity contribution < 1.29 is 15.1 Å². The van der Waals surface area contributed by atoms with E-state index in [4.69, 9.17) is 0 Å². The normalized spacial score (nSPS) is 13.4. The Bertz CT molecular complexity index is 154. The molecule has 0 heterocycles. The summed E-state index contributed by atoms with van der Waals surface area (Å²) >= 11 is 0. The summed E-state index contributed by atoms with van der Waals surface area (Å²) in [5, 5.41) is 0.264. The molecule has 0 spiro atoms. The fourth-order valence-electron chi connectivity index (χ4n) is 0. The lowest BCUT2D eigenvalue weighted by Gasteiger charge is -2.30. The first kappa shape index (κ1) is 22.5. The van der Waals surface area contributed by atoms with E-state index in [2.05, 4.69) is 41.5 Å². The summed E-state index contributed by atoms with van der Waals surface area (Å²) in [5.41, 5.74) is 0. The van der Waals surface area contributed by atoms with Gasteiger partial charge in [0, 0.05) is 0 Å². The van der Waals surface area contributed by atoms with E-state index in [1.807, 2.05) is 26.2 Å². The molecule has 4 N–H and O–H groups in total. The van der Waals surface area contributed by atoms with Gasteiger partial charge >= 0.3 is 0 Å². The fraction of sp³-hybridized carbons (Fsp3) is 1.00. The molecular weight excluding hydrogens is 248 g/mol. The van der Waals surface area contributed by atoms with Gasteiger partial charge in [0.25, 0.3) is 0 Å². The number of hydrogen-bond donors (Lipinski definition) is 2. The zero-order valence-electron chi connectivity index (χ0n) is 13.4. The highest BCUT2D eigenvalue weighted by Crippen LogP contribution is 2.33. The van der Waals surface area contributed by atoms with E-state index >= 15 is 0 Å². The Morgan fingerprint density at radius 1 is 0.588 bits per heavy atom. The van der Waals surface area contributed by atoms with Crippen LogP contribution in [0.2, 0.25) is 36.3 Å². The van der Waals surface area contributed by atoms with Crippen molar-refractivity contribution in [2.24, 2.45) is 0 Å². The van der Waals surface area contributed by atoms with Crippen molar-refractivity contribution in [3.05, 3.63) is 0 Å². The molecule has 0 bridgehead atoms. The quantitative estimate of drug-likeness (QED) is 0.670. The predicted molar refractivity (Wildman–Crippen MR) is 82.4 cm³/mol. The Kier molecular flexibility index (Phi) is 8.56. The predicted octanol–water partition coefficient (Wildman–Crippen LogP) is 3.14. The van der Waals surface area contributed by atoms with E-state index in [0.717, 1.165) is 0 Å². The third-order valence-electron chi connectivity index (χ3n) is 3.67. The van der Waals surface area contributed by atoms with Crippen molar-refractivity contribution in [2.75, 3.05) is 0 Å². The average molecular weight is 283 g/mol. The Morgan fingerprint density at radius 2 is 0.647 bits per heavy atom. The van der Waals surface area contributed by atoms with Crippen molar-refractivity contribution >= 4 is 16.6 Å². The van der Waals surface area contributed by atoms with Crippen LogP contribution in [-0.4, -0.2) is 31.7 Å². The summed E-state index contributed by atoms with van der Waals surface area (Å²) in [6.45, 7) is 20.4. The molecule has 0 aromatic carbocycles. The highest BCUT2D eigenvalue weighted by molar-refractivity contribution is 6.73. The molecule has 0 rings (SSSR count). The highest BCUT2D eigenvalue weighted by atomic mass is 28.4. The first-order valence-electron chi connectivity index (χ1n) is 5.95. The maximum Gasteiger partial charge on any atom is 0.187 e. The van der Waals surface area contributed by atoms with Gasteiger partial charge in [0.15, 0.2) is 16.6 Å². The minimum atomic E-state index is -1.86. The molecule has 0 aliphatic rings. The van der Waals surface area contributed by atoms with Crippen molar-refractivity contribution in [3.8, 4) is 0 Å². The van der Waals surface area contributed by atoms with Crippen LogP contribution < -0.4 is 0 Å². The molecule has 0 saturated heterocycles. The summed E-state index contributed by atoms with van der Waals surface area (Å²) in [7, 11) is -3.72. The molecule has 0 fully saturated rings. The molecule has 17 heavy (non-hydrogen) atoms. The van der Waals surface area contributed by atoms with Gasteiger partial charge in [-0.3, -0.25) is 0 Å². The van der Waals surface area contributed by atoms with Crippen LogP contribution in [0.4, 0.5) is 0 Å². The summed E-state index contributed by atoms with van der Waals surface area (Å²) < 4.78 is 0. The van der Waals surface area contributed by atoms with Gasteiger partial charge in [0.2, 0.25) is 0 Å². The van der Waals surface area contributed by atoms with E-state index in [-0.39, 0.29) is 15.6 Å². The zero-order valence-corrected chi connectivity index (χ0v) is 15.4. The maximum absolute atomic E-state index is 9.49. The smallest absolute Gasteiger partial charge is 0.187 e. The van der Waals surface area contributed by atoms with Crippen LogP contribution in [0.3, 0.4) is 0 Å². The van der Waals surface area contributed by atoms with Gasteiger partial charge in [0.05, 0.1) is 0 Å². The molecule has 0 aromatic rings. The average Bonchev–Trinajstić information content (AvgIpc) is 1.77. The van der Waals surface area contributed by atoms with Crippen molar-refractivity contribution in [1.29, 1.82) is 0 Å². The van der Waals surface area contributed by atoms with Crippen LogP contribution in [0.1, 0.15) is 41.5 Å². The first-order chi connectivity index (χ1) is 6.50. The van der Waals surface area contributed by atoms with Gasteiger partial charge < -0.3 is 15.1 Å². The summed E-state index contributed by atoms with van der Waals surface area (Å²) in [6, 6.07) is 0. The molecule has 3 nitrogen and oxygen atoms in total. The molecular formula is C12H34O3Si2. The Hall–Kier alpha value is 0.314. The lowest BCUT2D eigenvalue weighted by atomic mass is 10.2. The zero-order chi connectivity index (χ0) is 14.0. The second-order valence-corrected chi connectivity index (χ2v) is 16.9. The van der Waals surface area contributed by atoms with Crippen molar-refractivity contribution in [1.82, 2.24) is 0 Å². The van der Waals surface area contributed by atoms with Crippen LogP contribution in [0, 0.1) is 0 Å². The fourth-order valence-corrected chi connectivity index (χ4v) is 0. The molecule has 0 atom stereocenters. The second kappa shape index (κ2) is 6.47. The van der Waals surface area contributed by atoms with E-state index in [9.17, 15) is 9.59 Å². The van der Waals surface area contributed by atoms with Gasteiger partial charge in [-0.2, -0.15) is 0 Å². The maximum atomic E-state index is 9.49. The Morgan fingerprint density at radius 3 is 0.647 bits per heavy atom. The Balaban J connectivity index is -0.000000218. The van der Waals surface area contributed by atoms with Crippen LogP contribution in [0.5, 0.6) is 0 Å². The third-order valence-corrected chi connectivity index (χ3v) is 11.0. The van der Waals surface area contributed by atoms with E-state index < -0.39 is 16.6 Å². The standard InChI is InChI=1S/2C6H16OSi.H2O/c2*1-6(2,3)8(4,5)7;/h2*7H,1-5H3;1H2. The monoisotopic (exact) mass is 282 g/mol. The highest BCUT2D eigenvalue weighted by Gasteiger charge is 2.33. The SMILES string of the molecule is CC(C)(C)[Si](C)(C)O.CC(C)(C)[Si](C)(C)O.O. The first-order valence-corrected chi connectivity index (χ1v) is 11.8. The molecule has 0 aromatic heterocycles. The van der Waals surface area contributed by atoms with E-state index in [1.165, 1.54) is 0 Å². The molecule has 0 aliphatic heterocycles. The van der Waals surface area contributed by atoms with Gasteiger partial charge in [-0.15, -0.1) is 0 Å². The van der Waals surface area contributed by atoms with Crippen molar-refractivity contribution in [3.63, 3.8) is 0 Å². The topological polar surface area (TPSA) is 72.0 Å². The third kappa shape index (κ3) is 9.97. The van der Waals surface area contributed by atoms with Gasteiger partial charge in [0.1, 0.15) is 0 Å². The molecule has 0 amide bonds. The molecule has 0 unspecified atom stereocenters. The molecule has 0 radical (unpaired) electrons. The summed E-state index contributed by atoms with van der Waals surface area (Å²) in [4.78, 5) is 19.0. The summed E-state index contributed by atoms with van der Waals surface area (Å²) in [6.07, 6.45) is 0. The lowest BCUT2D eigenvalue weighted by Crippen LogP contribution is -2.36. The number of hydrogen-bond acceptors (Lipinski definition) is 2. The van der Waals surface area contributed by atoms with Crippen LogP contribution in [0.25, 0.3) is 0 Å². The number of rotatable bonds is 0. The lowest BCUT2D eigenvalue weighted by molar-refractivity contribution is 0.487. The Labute approximate surface area is 110 Å². The second-order valence-electron chi connectivity index (χ2n) is 7.62. The summed E-state index contributed by atoms with van der Waals surface area (Å²) in [5.74, 6) is 0. The molecule has 108 valence electrons. The van der Waals surface area contributed by atoms with Crippen LogP contribution in [-0.2, 0) is 0 Å². The van der Waals surface area contributed by atoms with Crippen molar-refractivity contribution in [2.45, 2.75) is 77.8 Å². The van der Waals surface area contributed by atoms with Crippen LogP contribution >= 0.6 is 0 Å². The molecule has 0 aliphatic carbocycles. The van der Waals surface area contributed by atoms with E-state index in [1.54, 1.807) is 0 Å². The van der Waals surface area contributed by atoms with Gasteiger partial charge in [-0.05, 0) is 36.3 Å². The minimum absolute atomic E-state index is 0.